The summed E-state index contributed by atoms with van der Waals surface area (Å²) in [7, 11) is 1.77. The van der Waals surface area contributed by atoms with Gasteiger partial charge in [0, 0.05) is 20.0 Å². The lowest BCUT2D eigenvalue weighted by Crippen LogP contribution is -2.51. The molecule has 1 saturated carbocycles. The van der Waals surface area contributed by atoms with Crippen molar-refractivity contribution >= 4 is 11.9 Å². The van der Waals surface area contributed by atoms with Crippen molar-refractivity contribution in [1.29, 1.82) is 0 Å². The number of amides is 1. The van der Waals surface area contributed by atoms with E-state index in [2.05, 4.69) is 15.4 Å². The molecule has 2 N–H and O–H groups in total. The molecule has 98 valence electrons. The largest absolute Gasteiger partial charge is 0.480 e. The molecule has 7 nitrogen and oxygen atoms in total. The molecule has 0 bridgehead atoms. The highest BCUT2D eigenvalue weighted by molar-refractivity contribution is 6.02. The zero-order valence-electron chi connectivity index (χ0n) is 10.2. The first-order valence-corrected chi connectivity index (χ1v) is 5.91. The van der Waals surface area contributed by atoms with E-state index in [1.807, 2.05) is 0 Å². The van der Waals surface area contributed by atoms with Crippen LogP contribution in [0.1, 0.15) is 25.1 Å². The Morgan fingerprint density at radius 1 is 1.56 bits per heavy atom. The van der Waals surface area contributed by atoms with Gasteiger partial charge in [-0.2, -0.15) is 5.10 Å². The summed E-state index contributed by atoms with van der Waals surface area (Å²) in [4.78, 5) is 27.0. The standard InChI is InChI=1S/C11H16N4O3/c1-15-7-13-8(14-15)3-6-12-9(16)11(10(17)18)4-2-5-11/h7H,2-6H2,1H3,(H,12,16)(H,17,18). The molecular weight excluding hydrogens is 236 g/mol. The van der Waals surface area contributed by atoms with E-state index in [-0.39, 0.29) is 0 Å². The van der Waals surface area contributed by atoms with E-state index < -0.39 is 17.3 Å². The average molecular weight is 252 g/mol. The number of nitrogens with one attached hydrogen (secondary N) is 1. The van der Waals surface area contributed by atoms with Crippen LogP contribution in [0.3, 0.4) is 0 Å². The Kier molecular flexibility index (Phi) is 3.31. The second-order valence-electron chi connectivity index (χ2n) is 4.58. The van der Waals surface area contributed by atoms with Crippen molar-refractivity contribution in [3.05, 3.63) is 12.2 Å². The summed E-state index contributed by atoms with van der Waals surface area (Å²) >= 11 is 0. The minimum Gasteiger partial charge on any atom is -0.480 e. The fourth-order valence-corrected chi connectivity index (χ4v) is 2.02. The third-order valence-electron chi connectivity index (χ3n) is 3.33. The van der Waals surface area contributed by atoms with Crippen LogP contribution in [-0.2, 0) is 23.1 Å². The number of aryl methyl sites for hydroxylation is 1. The Morgan fingerprint density at radius 2 is 2.28 bits per heavy atom. The van der Waals surface area contributed by atoms with E-state index in [4.69, 9.17) is 5.11 Å². The monoisotopic (exact) mass is 252 g/mol. The summed E-state index contributed by atoms with van der Waals surface area (Å²) in [6, 6.07) is 0. The van der Waals surface area contributed by atoms with Gasteiger partial charge in [0.25, 0.3) is 0 Å². The molecule has 0 radical (unpaired) electrons. The molecule has 1 aliphatic rings. The van der Waals surface area contributed by atoms with Gasteiger partial charge in [0.15, 0.2) is 5.82 Å². The number of carbonyl (C=O) groups excluding carboxylic acids is 1. The number of carboxylic acid groups (broad SMARTS) is 1. The minimum absolute atomic E-state index is 0.359. The quantitative estimate of drug-likeness (QED) is 0.703. The lowest BCUT2D eigenvalue weighted by atomic mass is 9.68. The van der Waals surface area contributed by atoms with Gasteiger partial charge in [0.05, 0.1) is 0 Å². The third-order valence-corrected chi connectivity index (χ3v) is 3.33. The van der Waals surface area contributed by atoms with E-state index in [9.17, 15) is 9.59 Å². The number of rotatable bonds is 5. The van der Waals surface area contributed by atoms with Gasteiger partial charge in [-0.15, -0.1) is 0 Å². The number of nitrogens with zero attached hydrogens (tertiary/aromatic N) is 3. The third kappa shape index (κ3) is 2.20. The Bertz CT molecular complexity index is 465. The van der Waals surface area contributed by atoms with Crippen LogP contribution in [0.5, 0.6) is 0 Å². The summed E-state index contributed by atoms with van der Waals surface area (Å²) in [6.07, 6.45) is 3.73. The zero-order valence-corrected chi connectivity index (χ0v) is 10.2. The van der Waals surface area contributed by atoms with Crippen LogP contribution in [0.2, 0.25) is 0 Å². The van der Waals surface area contributed by atoms with Gasteiger partial charge in [0.2, 0.25) is 5.91 Å². The molecule has 1 aliphatic carbocycles. The molecule has 0 aromatic carbocycles. The molecular formula is C11H16N4O3. The fraction of sp³-hybridized carbons (Fsp3) is 0.636. The second-order valence-corrected chi connectivity index (χ2v) is 4.58. The van der Waals surface area contributed by atoms with Crippen molar-refractivity contribution in [3.63, 3.8) is 0 Å². The summed E-state index contributed by atoms with van der Waals surface area (Å²) in [5, 5.41) is 15.8. The maximum Gasteiger partial charge on any atom is 0.319 e. The van der Waals surface area contributed by atoms with Crippen LogP contribution < -0.4 is 5.32 Å². The van der Waals surface area contributed by atoms with E-state index >= 15 is 0 Å². The van der Waals surface area contributed by atoms with Gasteiger partial charge >= 0.3 is 5.97 Å². The molecule has 7 heteroatoms. The van der Waals surface area contributed by atoms with Crippen molar-refractivity contribution in [1.82, 2.24) is 20.1 Å². The second kappa shape index (κ2) is 4.75. The first kappa shape index (κ1) is 12.5. The fourth-order valence-electron chi connectivity index (χ4n) is 2.02. The maximum absolute atomic E-state index is 11.8. The summed E-state index contributed by atoms with van der Waals surface area (Å²) in [5.74, 6) is -0.782. The molecule has 1 aromatic heterocycles. The highest BCUT2D eigenvalue weighted by Gasteiger charge is 2.50. The molecule has 0 spiro atoms. The Morgan fingerprint density at radius 3 is 2.72 bits per heavy atom. The predicted octanol–water partition coefficient (Wildman–Crippen LogP) is -0.271. The van der Waals surface area contributed by atoms with Crippen LogP contribution in [0.15, 0.2) is 6.33 Å². The van der Waals surface area contributed by atoms with E-state index in [1.165, 1.54) is 0 Å². The van der Waals surface area contributed by atoms with Crippen LogP contribution in [-0.4, -0.2) is 38.3 Å². The minimum atomic E-state index is -1.20. The average Bonchev–Trinajstić information content (AvgIpc) is 2.61. The van der Waals surface area contributed by atoms with Crippen LogP contribution >= 0.6 is 0 Å². The van der Waals surface area contributed by atoms with Gasteiger partial charge in [-0.3, -0.25) is 14.3 Å². The lowest BCUT2D eigenvalue weighted by Gasteiger charge is -2.35. The van der Waals surface area contributed by atoms with Gasteiger partial charge in [-0.1, -0.05) is 6.42 Å². The molecule has 1 heterocycles. The molecule has 18 heavy (non-hydrogen) atoms. The summed E-state index contributed by atoms with van der Waals surface area (Å²) < 4.78 is 1.59. The predicted molar refractivity (Wildman–Crippen MR) is 61.6 cm³/mol. The number of aliphatic carboxylic acids is 1. The molecule has 1 amide bonds. The number of aromatic nitrogens is 3. The number of carboxylic acids is 1. The molecule has 2 rings (SSSR count). The smallest absolute Gasteiger partial charge is 0.319 e. The zero-order chi connectivity index (χ0) is 13.2. The Labute approximate surface area is 104 Å². The number of carbonyl (C=O) groups is 2. The summed E-state index contributed by atoms with van der Waals surface area (Å²) in [6.45, 7) is 0.359. The Balaban J connectivity index is 1.83. The van der Waals surface area contributed by atoms with Crippen molar-refractivity contribution < 1.29 is 14.7 Å². The van der Waals surface area contributed by atoms with Gasteiger partial charge < -0.3 is 10.4 Å². The highest BCUT2D eigenvalue weighted by Crippen LogP contribution is 2.41. The van der Waals surface area contributed by atoms with Crippen molar-refractivity contribution in [2.75, 3.05) is 6.54 Å². The van der Waals surface area contributed by atoms with E-state index in [0.717, 1.165) is 6.42 Å². The lowest BCUT2D eigenvalue weighted by molar-refractivity contribution is -0.162. The highest BCUT2D eigenvalue weighted by atomic mass is 16.4. The van der Waals surface area contributed by atoms with Gasteiger partial charge in [-0.25, -0.2) is 4.98 Å². The topological polar surface area (TPSA) is 97.1 Å². The van der Waals surface area contributed by atoms with Crippen molar-refractivity contribution in [3.8, 4) is 0 Å². The van der Waals surface area contributed by atoms with E-state index in [1.54, 1.807) is 18.1 Å². The maximum atomic E-state index is 11.8. The molecule has 0 atom stereocenters. The molecule has 1 fully saturated rings. The van der Waals surface area contributed by atoms with Gasteiger partial charge in [0.1, 0.15) is 11.7 Å². The van der Waals surface area contributed by atoms with E-state index in [0.29, 0.717) is 31.6 Å². The van der Waals surface area contributed by atoms with Crippen LogP contribution in [0, 0.1) is 5.41 Å². The molecule has 0 aliphatic heterocycles. The van der Waals surface area contributed by atoms with Crippen LogP contribution in [0.25, 0.3) is 0 Å². The number of hydrogen-bond donors (Lipinski definition) is 2. The summed E-state index contributed by atoms with van der Waals surface area (Å²) in [5.41, 5.74) is -1.20. The SMILES string of the molecule is Cn1cnc(CCNC(=O)C2(C(=O)O)CCC2)n1. The van der Waals surface area contributed by atoms with Gasteiger partial charge in [-0.05, 0) is 12.8 Å². The molecule has 1 aromatic rings. The first-order chi connectivity index (χ1) is 8.54. The van der Waals surface area contributed by atoms with Crippen molar-refractivity contribution in [2.45, 2.75) is 25.7 Å². The molecule has 0 saturated heterocycles. The van der Waals surface area contributed by atoms with Crippen molar-refractivity contribution in [2.24, 2.45) is 12.5 Å². The Hall–Kier alpha value is -1.92. The number of hydrogen-bond acceptors (Lipinski definition) is 4. The first-order valence-electron chi connectivity index (χ1n) is 5.91. The van der Waals surface area contributed by atoms with Crippen LogP contribution in [0.4, 0.5) is 0 Å². The normalized spacial score (nSPS) is 16.9. The molecule has 0 unspecified atom stereocenters.